The molecule has 0 N–H and O–H groups in total. The van der Waals surface area contributed by atoms with Gasteiger partial charge >= 0.3 is 0 Å². The minimum Gasteiger partial charge on any atom is -0.339 e. The first-order valence-electron chi connectivity index (χ1n) is 8.14. The van der Waals surface area contributed by atoms with Crippen LogP contribution in [0.4, 0.5) is 4.39 Å². The lowest BCUT2D eigenvalue weighted by atomic mass is 10.2. The van der Waals surface area contributed by atoms with Crippen molar-refractivity contribution in [3.05, 3.63) is 35.6 Å². The Hall–Kier alpha value is -1.60. The molecule has 2 fully saturated rings. The van der Waals surface area contributed by atoms with E-state index in [9.17, 15) is 14.0 Å². The van der Waals surface area contributed by atoms with E-state index in [4.69, 9.17) is 0 Å². The summed E-state index contributed by atoms with van der Waals surface area (Å²) < 4.78 is 14.2. The number of nitrogens with zero attached hydrogens (tertiary/aromatic N) is 3. The second kappa shape index (κ2) is 7.11. The van der Waals surface area contributed by atoms with Crippen LogP contribution in [0.3, 0.4) is 0 Å². The van der Waals surface area contributed by atoms with Crippen molar-refractivity contribution in [3.63, 3.8) is 0 Å². The number of likely N-dealkylation sites (N-methyl/N-ethyl adjacent to an activating group) is 1. The number of carbonyl (C=O) groups excluding carboxylic acids is 2. The van der Waals surface area contributed by atoms with Crippen molar-refractivity contribution >= 4 is 23.6 Å². The van der Waals surface area contributed by atoms with Gasteiger partial charge in [-0.05, 0) is 20.0 Å². The number of halogens is 1. The van der Waals surface area contributed by atoms with Crippen molar-refractivity contribution in [2.75, 3.05) is 39.8 Å². The molecule has 0 aliphatic carbocycles. The van der Waals surface area contributed by atoms with Gasteiger partial charge in [0.15, 0.2) is 0 Å². The molecular weight excluding hydrogens is 329 g/mol. The van der Waals surface area contributed by atoms with Crippen LogP contribution in [0.1, 0.15) is 17.9 Å². The lowest BCUT2D eigenvalue weighted by Crippen LogP contribution is -2.50. The summed E-state index contributed by atoms with van der Waals surface area (Å²) in [4.78, 5) is 30.5. The average molecular weight is 351 g/mol. The van der Waals surface area contributed by atoms with Crippen molar-refractivity contribution in [1.82, 2.24) is 14.7 Å². The molecule has 2 aliphatic rings. The topological polar surface area (TPSA) is 43.9 Å². The Balaban J connectivity index is 1.75. The molecule has 2 heterocycles. The second-order valence-corrected chi connectivity index (χ2v) is 7.73. The molecule has 2 amide bonds. The van der Waals surface area contributed by atoms with Gasteiger partial charge in [0.2, 0.25) is 11.8 Å². The molecule has 0 unspecified atom stereocenters. The standard InChI is InChI=1S/C17H22FN3O2S/c1-12-16(23)21(11-15(22)20-9-7-19(2)8-10-20)17(24-12)13-5-3-4-6-14(13)18/h3-6,12,17H,7-11H2,1-2H3/t12-,17-/m0/s1. The molecule has 0 aromatic heterocycles. The van der Waals surface area contributed by atoms with Crippen molar-refractivity contribution in [2.24, 2.45) is 0 Å². The molecule has 24 heavy (non-hydrogen) atoms. The predicted molar refractivity (Wildman–Crippen MR) is 92.0 cm³/mol. The van der Waals surface area contributed by atoms with Crippen LogP contribution < -0.4 is 0 Å². The molecule has 2 aliphatic heterocycles. The third-order valence-corrected chi connectivity index (χ3v) is 5.96. The number of hydrogen-bond donors (Lipinski definition) is 0. The molecule has 3 rings (SSSR count). The maximum Gasteiger partial charge on any atom is 0.242 e. The second-order valence-electron chi connectivity index (χ2n) is 6.30. The number of hydrogen-bond acceptors (Lipinski definition) is 4. The third-order valence-electron chi connectivity index (χ3n) is 4.58. The van der Waals surface area contributed by atoms with Crippen molar-refractivity contribution in [1.29, 1.82) is 0 Å². The predicted octanol–water partition coefficient (Wildman–Crippen LogP) is 1.56. The highest BCUT2D eigenvalue weighted by Gasteiger charge is 2.41. The fraction of sp³-hybridized carbons (Fsp3) is 0.529. The van der Waals surface area contributed by atoms with Crippen LogP contribution in [0.5, 0.6) is 0 Å². The first-order chi connectivity index (χ1) is 11.5. The van der Waals surface area contributed by atoms with Gasteiger partial charge in [-0.3, -0.25) is 9.59 Å². The van der Waals surface area contributed by atoms with E-state index in [1.807, 2.05) is 7.05 Å². The first kappa shape index (κ1) is 17.2. The maximum absolute atomic E-state index is 14.2. The van der Waals surface area contributed by atoms with E-state index < -0.39 is 5.37 Å². The van der Waals surface area contributed by atoms with E-state index in [2.05, 4.69) is 4.90 Å². The molecule has 0 saturated carbocycles. The van der Waals surface area contributed by atoms with E-state index in [1.165, 1.54) is 22.7 Å². The zero-order valence-electron chi connectivity index (χ0n) is 13.9. The molecule has 7 heteroatoms. The van der Waals surface area contributed by atoms with Crippen LogP contribution in [-0.2, 0) is 9.59 Å². The van der Waals surface area contributed by atoms with Gasteiger partial charge in [0.1, 0.15) is 17.7 Å². The normalized spacial score (nSPS) is 25.4. The molecule has 2 atom stereocenters. The lowest BCUT2D eigenvalue weighted by molar-refractivity contribution is -0.140. The summed E-state index contributed by atoms with van der Waals surface area (Å²) in [5.41, 5.74) is 0.464. The van der Waals surface area contributed by atoms with Crippen LogP contribution in [0.2, 0.25) is 0 Å². The highest BCUT2D eigenvalue weighted by molar-refractivity contribution is 8.01. The zero-order chi connectivity index (χ0) is 17.3. The van der Waals surface area contributed by atoms with Crippen LogP contribution in [0.15, 0.2) is 24.3 Å². The van der Waals surface area contributed by atoms with E-state index in [-0.39, 0.29) is 29.4 Å². The molecule has 2 saturated heterocycles. The summed E-state index contributed by atoms with van der Waals surface area (Å²) in [7, 11) is 2.03. The monoisotopic (exact) mass is 351 g/mol. The number of carbonyl (C=O) groups is 2. The van der Waals surface area contributed by atoms with Gasteiger partial charge in [0, 0.05) is 31.7 Å². The van der Waals surface area contributed by atoms with Crippen molar-refractivity contribution in [3.8, 4) is 0 Å². The SMILES string of the molecule is C[C@@H]1S[C@@H](c2ccccc2F)N(CC(=O)N2CCN(C)CC2)C1=O. The van der Waals surface area contributed by atoms with Gasteiger partial charge in [-0.15, -0.1) is 11.8 Å². The van der Waals surface area contributed by atoms with Gasteiger partial charge in [-0.2, -0.15) is 0 Å². The Bertz CT molecular complexity index is 634. The quantitative estimate of drug-likeness (QED) is 0.829. The fourth-order valence-electron chi connectivity index (χ4n) is 3.05. The Morgan fingerprint density at radius 1 is 1.25 bits per heavy atom. The number of thioether (sulfide) groups is 1. The largest absolute Gasteiger partial charge is 0.339 e. The summed E-state index contributed by atoms with van der Waals surface area (Å²) in [6.07, 6.45) is 0. The number of rotatable bonds is 3. The van der Waals surface area contributed by atoms with Gasteiger partial charge in [-0.1, -0.05) is 18.2 Å². The summed E-state index contributed by atoms with van der Waals surface area (Å²) in [6.45, 7) is 4.83. The van der Waals surface area contributed by atoms with E-state index >= 15 is 0 Å². The summed E-state index contributed by atoms with van der Waals surface area (Å²) in [6, 6.07) is 6.46. The molecule has 0 radical (unpaired) electrons. The number of piperazine rings is 1. The third kappa shape index (κ3) is 3.42. The highest BCUT2D eigenvalue weighted by atomic mass is 32.2. The highest BCUT2D eigenvalue weighted by Crippen LogP contribution is 2.43. The van der Waals surface area contributed by atoms with Gasteiger partial charge < -0.3 is 14.7 Å². The smallest absolute Gasteiger partial charge is 0.242 e. The summed E-state index contributed by atoms with van der Waals surface area (Å²) in [5.74, 6) is -0.503. The summed E-state index contributed by atoms with van der Waals surface area (Å²) >= 11 is 1.40. The molecule has 1 aromatic carbocycles. The Kier molecular flexibility index (Phi) is 5.10. The van der Waals surface area contributed by atoms with E-state index in [1.54, 1.807) is 30.0 Å². The van der Waals surface area contributed by atoms with Crippen LogP contribution >= 0.6 is 11.8 Å². The molecule has 0 spiro atoms. The van der Waals surface area contributed by atoms with Gasteiger partial charge in [0.25, 0.3) is 0 Å². The fourth-order valence-corrected chi connectivity index (χ4v) is 4.35. The summed E-state index contributed by atoms with van der Waals surface area (Å²) in [5, 5.41) is -0.708. The Morgan fingerprint density at radius 3 is 2.58 bits per heavy atom. The molecule has 1 aromatic rings. The first-order valence-corrected chi connectivity index (χ1v) is 9.08. The number of amides is 2. The molecular formula is C17H22FN3O2S. The minimum atomic E-state index is -0.440. The number of benzene rings is 1. The molecule has 130 valence electrons. The van der Waals surface area contributed by atoms with E-state index in [0.717, 1.165) is 13.1 Å². The maximum atomic E-state index is 14.2. The van der Waals surface area contributed by atoms with Gasteiger partial charge in [-0.25, -0.2) is 4.39 Å². The lowest BCUT2D eigenvalue weighted by Gasteiger charge is -2.34. The van der Waals surface area contributed by atoms with Crippen molar-refractivity contribution in [2.45, 2.75) is 17.5 Å². The van der Waals surface area contributed by atoms with Crippen LogP contribution in [0, 0.1) is 5.82 Å². The van der Waals surface area contributed by atoms with Crippen LogP contribution in [0.25, 0.3) is 0 Å². The Labute approximate surface area is 145 Å². The Morgan fingerprint density at radius 2 is 1.92 bits per heavy atom. The zero-order valence-corrected chi connectivity index (χ0v) is 14.8. The minimum absolute atomic E-state index is 0.0128. The molecule has 5 nitrogen and oxygen atoms in total. The average Bonchev–Trinajstić information content (AvgIpc) is 2.84. The van der Waals surface area contributed by atoms with Crippen LogP contribution in [-0.4, -0.2) is 71.5 Å². The van der Waals surface area contributed by atoms with Gasteiger partial charge in [0.05, 0.1) is 5.25 Å². The van der Waals surface area contributed by atoms with E-state index in [0.29, 0.717) is 18.7 Å². The molecule has 0 bridgehead atoms. The van der Waals surface area contributed by atoms with Crippen molar-refractivity contribution < 1.29 is 14.0 Å².